The van der Waals surface area contributed by atoms with Gasteiger partial charge in [-0.2, -0.15) is 0 Å². The van der Waals surface area contributed by atoms with Crippen LogP contribution in [0.25, 0.3) is 10.9 Å². The van der Waals surface area contributed by atoms with Crippen molar-refractivity contribution in [1.82, 2.24) is 10.3 Å². The summed E-state index contributed by atoms with van der Waals surface area (Å²) in [7, 11) is 0. The van der Waals surface area contributed by atoms with E-state index in [-0.39, 0.29) is 17.9 Å². The molecule has 1 saturated carbocycles. The Morgan fingerprint density at radius 1 is 1.25 bits per heavy atom. The second-order valence-corrected chi connectivity index (χ2v) is 6.52. The molecule has 0 saturated heterocycles. The van der Waals surface area contributed by atoms with Crippen LogP contribution in [0.3, 0.4) is 0 Å². The van der Waals surface area contributed by atoms with Gasteiger partial charge < -0.3 is 15.8 Å². The predicted molar refractivity (Wildman–Crippen MR) is 92.5 cm³/mol. The molecule has 2 bridgehead atoms. The molecule has 2 aromatic rings. The molecule has 4 atom stereocenters. The Hall–Kier alpha value is -2.40. The van der Waals surface area contributed by atoms with Gasteiger partial charge in [-0.25, -0.2) is 0 Å². The normalized spacial score (nSPS) is 27.5. The second-order valence-electron chi connectivity index (χ2n) is 6.52. The zero-order valence-electron chi connectivity index (χ0n) is 13.4. The lowest BCUT2D eigenvalue weighted by atomic mass is 9.89. The van der Waals surface area contributed by atoms with E-state index < -0.39 is 0 Å². The highest BCUT2D eigenvalue weighted by Crippen LogP contribution is 2.42. The van der Waals surface area contributed by atoms with Gasteiger partial charge in [0.15, 0.2) is 0 Å². The van der Waals surface area contributed by atoms with Gasteiger partial charge in [-0.15, -0.1) is 0 Å². The zero-order chi connectivity index (χ0) is 16.5. The molecule has 2 aliphatic rings. The highest BCUT2D eigenvalue weighted by Gasteiger charge is 2.46. The third-order valence-corrected chi connectivity index (χ3v) is 5.08. The molecular weight excluding hydrogens is 302 g/mol. The van der Waals surface area contributed by atoms with Crippen LogP contribution < -0.4 is 15.8 Å². The number of benzene rings is 1. The minimum Gasteiger partial charge on any atom is -0.489 e. The zero-order valence-corrected chi connectivity index (χ0v) is 13.4. The average molecular weight is 323 g/mol. The van der Waals surface area contributed by atoms with E-state index in [1.54, 1.807) is 6.20 Å². The van der Waals surface area contributed by atoms with Crippen LogP contribution in [0.4, 0.5) is 0 Å². The van der Waals surface area contributed by atoms with Crippen molar-refractivity contribution in [2.45, 2.75) is 12.5 Å². The van der Waals surface area contributed by atoms with Crippen molar-refractivity contribution in [3.63, 3.8) is 0 Å². The van der Waals surface area contributed by atoms with Crippen molar-refractivity contribution in [3.8, 4) is 5.75 Å². The van der Waals surface area contributed by atoms with Crippen molar-refractivity contribution in [3.05, 3.63) is 48.7 Å². The molecule has 1 aromatic carbocycles. The van der Waals surface area contributed by atoms with Crippen molar-refractivity contribution in [2.24, 2.45) is 23.5 Å². The van der Waals surface area contributed by atoms with Gasteiger partial charge in [0.05, 0.1) is 12.5 Å². The smallest absolute Gasteiger partial charge is 0.225 e. The van der Waals surface area contributed by atoms with Crippen LogP contribution in [-0.4, -0.2) is 30.1 Å². The van der Waals surface area contributed by atoms with E-state index in [9.17, 15) is 4.79 Å². The number of aromatic nitrogens is 1. The van der Waals surface area contributed by atoms with Crippen LogP contribution in [0, 0.1) is 17.8 Å². The third kappa shape index (κ3) is 2.65. The fourth-order valence-electron chi connectivity index (χ4n) is 3.88. The topological polar surface area (TPSA) is 77.2 Å². The lowest BCUT2D eigenvalue weighted by Crippen LogP contribution is -2.45. The number of nitrogens with two attached hydrogens (primary N) is 1. The molecule has 0 unspecified atom stereocenters. The fraction of sp³-hybridized carbons (Fsp3) is 0.368. The summed E-state index contributed by atoms with van der Waals surface area (Å²) in [4.78, 5) is 16.7. The second kappa shape index (κ2) is 6.24. The molecule has 0 aliphatic heterocycles. The van der Waals surface area contributed by atoms with E-state index in [1.807, 2.05) is 30.3 Å². The first kappa shape index (κ1) is 15.1. The summed E-state index contributed by atoms with van der Waals surface area (Å²) in [5.41, 5.74) is 7.01. The maximum absolute atomic E-state index is 12.4. The molecular formula is C19H21N3O2. The van der Waals surface area contributed by atoms with Gasteiger partial charge in [0, 0.05) is 17.6 Å². The number of para-hydroxylation sites is 1. The molecule has 124 valence electrons. The van der Waals surface area contributed by atoms with Crippen LogP contribution in [0.2, 0.25) is 0 Å². The minimum absolute atomic E-state index is 0.0407. The lowest BCUT2D eigenvalue weighted by molar-refractivity contribution is -0.126. The summed E-state index contributed by atoms with van der Waals surface area (Å²) in [6.07, 6.45) is 7.05. The van der Waals surface area contributed by atoms with Gasteiger partial charge in [0.25, 0.3) is 0 Å². The number of nitrogens with zero attached hydrogens (tertiary/aromatic N) is 1. The Morgan fingerprint density at radius 3 is 2.92 bits per heavy atom. The van der Waals surface area contributed by atoms with Crippen LogP contribution in [0.15, 0.2) is 48.7 Å². The van der Waals surface area contributed by atoms with Gasteiger partial charge in [-0.1, -0.05) is 30.4 Å². The molecule has 0 radical (unpaired) electrons. The average Bonchev–Trinajstić information content (AvgIpc) is 3.20. The molecule has 1 fully saturated rings. The maximum Gasteiger partial charge on any atom is 0.225 e. The summed E-state index contributed by atoms with van der Waals surface area (Å²) >= 11 is 0. The van der Waals surface area contributed by atoms with Crippen molar-refractivity contribution < 1.29 is 9.53 Å². The lowest BCUT2D eigenvalue weighted by Gasteiger charge is -2.23. The largest absolute Gasteiger partial charge is 0.489 e. The van der Waals surface area contributed by atoms with Gasteiger partial charge in [0.1, 0.15) is 17.9 Å². The monoisotopic (exact) mass is 323 g/mol. The Bertz CT molecular complexity index is 784. The molecule has 5 heteroatoms. The molecule has 1 amide bonds. The first-order valence-corrected chi connectivity index (χ1v) is 8.42. The molecule has 1 heterocycles. The van der Waals surface area contributed by atoms with E-state index in [4.69, 9.17) is 10.5 Å². The van der Waals surface area contributed by atoms with Gasteiger partial charge in [0.2, 0.25) is 5.91 Å². The summed E-state index contributed by atoms with van der Waals surface area (Å²) < 4.78 is 5.80. The molecule has 4 rings (SSSR count). The first-order valence-electron chi connectivity index (χ1n) is 8.42. The van der Waals surface area contributed by atoms with Gasteiger partial charge in [-0.05, 0) is 30.4 Å². The molecule has 2 aliphatic carbocycles. The number of hydrogen-bond acceptors (Lipinski definition) is 4. The first-order chi connectivity index (χ1) is 11.7. The number of ether oxygens (including phenoxy) is 1. The van der Waals surface area contributed by atoms with E-state index in [1.165, 1.54) is 0 Å². The molecule has 0 spiro atoms. The van der Waals surface area contributed by atoms with Crippen molar-refractivity contribution in [2.75, 3.05) is 13.2 Å². The van der Waals surface area contributed by atoms with Crippen LogP contribution in [0.5, 0.6) is 5.75 Å². The quantitative estimate of drug-likeness (QED) is 0.650. The number of pyridine rings is 1. The van der Waals surface area contributed by atoms with E-state index >= 15 is 0 Å². The van der Waals surface area contributed by atoms with Gasteiger partial charge in [-0.3, -0.25) is 9.78 Å². The maximum atomic E-state index is 12.4. The Kier molecular flexibility index (Phi) is 3.94. The number of carbonyl (C=O) groups excluding carboxylic acids is 1. The van der Waals surface area contributed by atoms with E-state index in [0.717, 1.165) is 23.1 Å². The minimum atomic E-state index is -0.0979. The van der Waals surface area contributed by atoms with Gasteiger partial charge >= 0.3 is 0 Å². The van der Waals surface area contributed by atoms with Crippen LogP contribution >= 0.6 is 0 Å². The SMILES string of the molecule is N[C@@H]1[C@H](C(=O)NCCOc2cccc3cccnc23)[C@@H]2C=C[C@H]1C2. The molecule has 3 N–H and O–H groups in total. The number of amides is 1. The summed E-state index contributed by atoms with van der Waals surface area (Å²) in [5.74, 6) is 1.34. The van der Waals surface area contributed by atoms with Crippen LogP contribution in [0.1, 0.15) is 6.42 Å². The summed E-state index contributed by atoms with van der Waals surface area (Å²) in [5, 5.41) is 4.00. The number of rotatable bonds is 5. The standard InChI is InChI=1S/C19H21N3O2/c20-17-14-7-6-13(11-14)16(17)19(23)22-9-10-24-15-5-1-3-12-4-2-8-21-18(12)15/h1-8,13-14,16-17H,9-11,20H2,(H,22,23)/t13-,14+,16-,17+/m1/s1. The number of nitrogens with one attached hydrogen (secondary N) is 1. The van der Waals surface area contributed by atoms with Crippen molar-refractivity contribution >= 4 is 16.8 Å². The number of allylic oxidation sites excluding steroid dienone is 1. The number of hydrogen-bond donors (Lipinski definition) is 2. The van der Waals surface area contributed by atoms with Crippen LogP contribution in [-0.2, 0) is 4.79 Å². The molecule has 24 heavy (non-hydrogen) atoms. The van der Waals surface area contributed by atoms with Crippen molar-refractivity contribution in [1.29, 1.82) is 0 Å². The Morgan fingerprint density at radius 2 is 2.08 bits per heavy atom. The summed E-state index contributed by atoms with van der Waals surface area (Å²) in [6.45, 7) is 0.875. The predicted octanol–water partition coefficient (Wildman–Crippen LogP) is 1.88. The highest BCUT2D eigenvalue weighted by molar-refractivity contribution is 5.84. The van der Waals surface area contributed by atoms with E-state index in [2.05, 4.69) is 22.5 Å². The highest BCUT2D eigenvalue weighted by atomic mass is 16.5. The molecule has 5 nitrogen and oxygen atoms in total. The number of carbonyl (C=O) groups is 1. The summed E-state index contributed by atoms with van der Waals surface area (Å²) in [6, 6.07) is 9.69. The molecule has 1 aromatic heterocycles. The third-order valence-electron chi connectivity index (χ3n) is 5.08. The van der Waals surface area contributed by atoms with E-state index in [0.29, 0.717) is 25.0 Å². The Labute approximate surface area is 140 Å². The fourth-order valence-corrected chi connectivity index (χ4v) is 3.88. The number of fused-ring (bicyclic) bond motifs is 3. The Balaban J connectivity index is 1.32.